The third-order valence-corrected chi connectivity index (χ3v) is 3.11. The first-order valence-corrected chi connectivity index (χ1v) is 7.91. The Kier molecular flexibility index (Phi) is 11.1. The van der Waals surface area contributed by atoms with Crippen LogP contribution in [0.4, 0.5) is 0 Å². The number of nitrogens with one attached hydrogen (secondary N) is 1. The van der Waals surface area contributed by atoms with E-state index in [4.69, 9.17) is 4.74 Å². The molecule has 0 aromatic carbocycles. The Morgan fingerprint density at radius 1 is 1.05 bits per heavy atom. The van der Waals surface area contributed by atoms with Crippen molar-refractivity contribution in [3.05, 3.63) is 0 Å². The van der Waals surface area contributed by atoms with Gasteiger partial charge in [-0.05, 0) is 18.8 Å². The Bertz CT molecular complexity index is 277. The van der Waals surface area contributed by atoms with Crippen molar-refractivity contribution < 1.29 is 14.3 Å². The van der Waals surface area contributed by atoms with Crippen LogP contribution in [0.5, 0.6) is 0 Å². The monoisotopic (exact) mass is 285 g/mol. The molecule has 0 aromatic rings. The van der Waals surface area contributed by atoms with Gasteiger partial charge in [0, 0.05) is 6.92 Å². The third-order valence-electron chi connectivity index (χ3n) is 3.11. The third kappa shape index (κ3) is 10.8. The number of carbonyl (C=O) groups excluding carboxylic acids is 2. The summed E-state index contributed by atoms with van der Waals surface area (Å²) in [5.74, 6) is -0.150. The quantitative estimate of drug-likeness (QED) is 0.467. The highest BCUT2D eigenvalue weighted by atomic mass is 16.5. The summed E-state index contributed by atoms with van der Waals surface area (Å²) in [5, 5.41) is 2.67. The summed E-state index contributed by atoms with van der Waals surface area (Å²) in [5.41, 5.74) is 0. The van der Waals surface area contributed by atoms with Gasteiger partial charge in [-0.3, -0.25) is 4.79 Å². The fraction of sp³-hybridized carbons (Fsp3) is 0.875. The molecular weight excluding hydrogens is 254 g/mol. The second-order valence-electron chi connectivity index (χ2n) is 5.82. The molecule has 1 amide bonds. The van der Waals surface area contributed by atoms with Gasteiger partial charge in [0.1, 0.15) is 6.04 Å². The lowest BCUT2D eigenvalue weighted by Crippen LogP contribution is -2.41. The van der Waals surface area contributed by atoms with Crippen LogP contribution in [0, 0.1) is 5.92 Å². The lowest BCUT2D eigenvalue weighted by molar-refractivity contribution is -0.148. The lowest BCUT2D eigenvalue weighted by atomic mass is 10.0. The number of unbranched alkanes of at least 4 members (excludes halogenated alkanes) is 5. The topological polar surface area (TPSA) is 55.4 Å². The predicted octanol–water partition coefficient (Wildman–Crippen LogP) is 3.44. The van der Waals surface area contributed by atoms with Crippen LogP contribution in [0.25, 0.3) is 0 Å². The molecular formula is C16H31NO3. The standard InChI is InChI=1S/C16H31NO3/c1-5-6-7-8-9-10-11-20-16(19)15(12-13(2)3)17-14(4)18/h13,15H,5-12H2,1-4H3,(H,17,18)/t15-/m0/s1. The zero-order chi connectivity index (χ0) is 15.4. The SMILES string of the molecule is CCCCCCCCOC(=O)[C@H](CC(C)C)NC(C)=O. The molecule has 0 aromatic heterocycles. The van der Waals surface area contributed by atoms with E-state index in [1.54, 1.807) is 0 Å². The first-order chi connectivity index (χ1) is 9.47. The van der Waals surface area contributed by atoms with Gasteiger partial charge >= 0.3 is 5.97 Å². The van der Waals surface area contributed by atoms with E-state index in [1.165, 1.54) is 32.6 Å². The highest BCUT2D eigenvalue weighted by Gasteiger charge is 2.21. The molecule has 0 unspecified atom stereocenters. The molecule has 20 heavy (non-hydrogen) atoms. The van der Waals surface area contributed by atoms with E-state index < -0.39 is 6.04 Å². The van der Waals surface area contributed by atoms with Gasteiger partial charge in [0.25, 0.3) is 0 Å². The van der Waals surface area contributed by atoms with Crippen molar-refractivity contribution >= 4 is 11.9 Å². The summed E-state index contributed by atoms with van der Waals surface area (Å²) in [6.07, 6.45) is 7.60. The number of rotatable bonds is 11. The average Bonchev–Trinajstić information content (AvgIpc) is 2.35. The summed E-state index contributed by atoms with van der Waals surface area (Å²) in [4.78, 5) is 23.0. The van der Waals surface area contributed by atoms with Crippen LogP contribution in [0.2, 0.25) is 0 Å². The molecule has 0 heterocycles. The second kappa shape index (κ2) is 11.7. The Hall–Kier alpha value is -1.06. The van der Waals surface area contributed by atoms with Crippen molar-refractivity contribution in [2.75, 3.05) is 6.61 Å². The van der Waals surface area contributed by atoms with E-state index in [9.17, 15) is 9.59 Å². The average molecular weight is 285 g/mol. The minimum Gasteiger partial charge on any atom is -0.464 e. The van der Waals surface area contributed by atoms with Crippen LogP contribution < -0.4 is 5.32 Å². The molecule has 0 aliphatic carbocycles. The van der Waals surface area contributed by atoms with E-state index in [0.29, 0.717) is 18.9 Å². The maximum Gasteiger partial charge on any atom is 0.328 e. The summed E-state index contributed by atoms with van der Waals surface area (Å²) < 4.78 is 5.26. The maximum atomic E-state index is 11.9. The van der Waals surface area contributed by atoms with Crippen molar-refractivity contribution in [3.8, 4) is 0 Å². The van der Waals surface area contributed by atoms with Crippen LogP contribution in [-0.4, -0.2) is 24.5 Å². The zero-order valence-electron chi connectivity index (χ0n) is 13.5. The Balaban J connectivity index is 3.86. The number of esters is 1. The molecule has 0 aliphatic rings. The fourth-order valence-corrected chi connectivity index (χ4v) is 2.09. The van der Waals surface area contributed by atoms with Gasteiger partial charge < -0.3 is 10.1 Å². The highest BCUT2D eigenvalue weighted by molar-refractivity contribution is 5.83. The van der Waals surface area contributed by atoms with Crippen molar-refractivity contribution in [1.82, 2.24) is 5.32 Å². The molecule has 4 heteroatoms. The van der Waals surface area contributed by atoms with Crippen LogP contribution in [0.15, 0.2) is 0 Å². The molecule has 4 nitrogen and oxygen atoms in total. The van der Waals surface area contributed by atoms with Gasteiger partial charge in [-0.2, -0.15) is 0 Å². The van der Waals surface area contributed by atoms with E-state index in [-0.39, 0.29) is 11.9 Å². The lowest BCUT2D eigenvalue weighted by Gasteiger charge is -2.18. The van der Waals surface area contributed by atoms with E-state index >= 15 is 0 Å². The van der Waals surface area contributed by atoms with Gasteiger partial charge in [-0.1, -0.05) is 52.9 Å². The molecule has 0 rings (SSSR count). The summed E-state index contributed by atoms with van der Waals surface area (Å²) in [6.45, 7) is 8.12. The smallest absolute Gasteiger partial charge is 0.328 e. The van der Waals surface area contributed by atoms with Crippen LogP contribution in [0.1, 0.15) is 72.6 Å². The van der Waals surface area contributed by atoms with E-state index in [0.717, 1.165) is 12.8 Å². The van der Waals surface area contributed by atoms with Crippen molar-refractivity contribution in [1.29, 1.82) is 0 Å². The Morgan fingerprint density at radius 3 is 2.20 bits per heavy atom. The number of hydrogen-bond donors (Lipinski definition) is 1. The molecule has 0 bridgehead atoms. The number of ether oxygens (including phenoxy) is 1. The van der Waals surface area contributed by atoms with Gasteiger partial charge in [0.05, 0.1) is 6.61 Å². The van der Waals surface area contributed by atoms with Gasteiger partial charge in [-0.15, -0.1) is 0 Å². The molecule has 0 radical (unpaired) electrons. The van der Waals surface area contributed by atoms with Crippen LogP contribution >= 0.6 is 0 Å². The molecule has 1 N–H and O–H groups in total. The molecule has 0 aliphatic heterocycles. The van der Waals surface area contributed by atoms with Crippen LogP contribution in [0.3, 0.4) is 0 Å². The Morgan fingerprint density at radius 2 is 1.65 bits per heavy atom. The molecule has 1 atom stereocenters. The molecule has 0 fully saturated rings. The second-order valence-corrected chi connectivity index (χ2v) is 5.82. The first-order valence-electron chi connectivity index (χ1n) is 7.91. The molecule has 0 saturated heterocycles. The Labute approximate surface area is 123 Å². The maximum absolute atomic E-state index is 11.9. The molecule has 0 spiro atoms. The number of carbonyl (C=O) groups is 2. The van der Waals surface area contributed by atoms with E-state index in [1.807, 2.05) is 13.8 Å². The van der Waals surface area contributed by atoms with E-state index in [2.05, 4.69) is 12.2 Å². The van der Waals surface area contributed by atoms with Crippen molar-refractivity contribution in [2.45, 2.75) is 78.7 Å². The van der Waals surface area contributed by atoms with Crippen molar-refractivity contribution in [2.24, 2.45) is 5.92 Å². The van der Waals surface area contributed by atoms with Crippen LogP contribution in [-0.2, 0) is 14.3 Å². The minimum absolute atomic E-state index is 0.188. The summed E-state index contributed by atoms with van der Waals surface area (Å²) >= 11 is 0. The summed E-state index contributed by atoms with van der Waals surface area (Å²) in [7, 11) is 0. The summed E-state index contributed by atoms with van der Waals surface area (Å²) in [6, 6.07) is -0.507. The van der Waals surface area contributed by atoms with Gasteiger partial charge in [-0.25, -0.2) is 4.79 Å². The van der Waals surface area contributed by atoms with Gasteiger partial charge in [0.2, 0.25) is 5.91 Å². The zero-order valence-corrected chi connectivity index (χ0v) is 13.5. The highest BCUT2D eigenvalue weighted by Crippen LogP contribution is 2.08. The minimum atomic E-state index is -0.507. The predicted molar refractivity (Wildman–Crippen MR) is 81.4 cm³/mol. The first kappa shape index (κ1) is 18.9. The molecule has 0 saturated carbocycles. The fourth-order valence-electron chi connectivity index (χ4n) is 2.09. The largest absolute Gasteiger partial charge is 0.464 e. The van der Waals surface area contributed by atoms with Crippen molar-refractivity contribution in [3.63, 3.8) is 0 Å². The number of hydrogen-bond acceptors (Lipinski definition) is 3. The normalized spacial score (nSPS) is 12.2. The molecule has 118 valence electrons. The number of amides is 1. The van der Waals surface area contributed by atoms with Gasteiger partial charge in [0.15, 0.2) is 0 Å².